The number of aryl methyl sites for hydroxylation is 2. The number of hydrogen-bond acceptors (Lipinski definition) is 1. The van der Waals surface area contributed by atoms with Crippen LogP contribution in [0.25, 0.3) is 10.1 Å². The third-order valence-electron chi connectivity index (χ3n) is 2.31. The minimum atomic E-state index is 0.719. The summed E-state index contributed by atoms with van der Waals surface area (Å²) in [5, 5.41) is 1.23. The minimum Gasteiger partial charge on any atom is -0.254 e. The molecule has 0 N–H and O–H groups in total. The van der Waals surface area contributed by atoms with Gasteiger partial charge in [0.25, 0.3) is 6.61 Å². The Morgan fingerprint density at radius 3 is 2.73 bits per heavy atom. The van der Waals surface area contributed by atoms with Crippen molar-refractivity contribution in [2.45, 2.75) is 20.8 Å². The van der Waals surface area contributed by atoms with Gasteiger partial charge in [0.05, 0.1) is 11.5 Å². The van der Waals surface area contributed by atoms with Gasteiger partial charge in [-0.25, -0.2) is 0 Å². The molecule has 15 heavy (non-hydrogen) atoms. The molecule has 1 nitrogen and oxygen atoms in total. The fourth-order valence-electron chi connectivity index (χ4n) is 1.67. The number of rotatable bonds is 1. The lowest BCUT2D eigenvalue weighted by atomic mass is 10.2. The Labute approximate surface area is 93.7 Å². The van der Waals surface area contributed by atoms with Crippen molar-refractivity contribution in [3.8, 4) is 0 Å². The van der Waals surface area contributed by atoms with Gasteiger partial charge in [-0.3, -0.25) is 4.42 Å². The first-order chi connectivity index (χ1) is 7.20. The molecule has 78 valence electrons. The molecule has 1 aromatic carbocycles. The Morgan fingerprint density at radius 2 is 2.00 bits per heavy atom. The Kier molecular flexibility index (Phi) is 2.87. The average molecular weight is 219 g/mol. The van der Waals surface area contributed by atoms with Gasteiger partial charge in [0.1, 0.15) is 0 Å². The van der Waals surface area contributed by atoms with Gasteiger partial charge >= 0.3 is 5.43 Å². The summed E-state index contributed by atoms with van der Waals surface area (Å²) in [6.07, 6.45) is 0. The van der Waals surface area contributed by atoms with Crippen LogP contribution in [0, 0.1) is 13.8 Å². The lowest BCUT2D eigenvalue weighted by Gasteiger charge is -1.96. The Bertz CT molecular complexity index is 552. The van der Waals surface area contributed by atoms with Crippen LogP contribution in [0.1, 0.15) is 17.4 Å². The molecule has 0 unspecified atom stereocenters. The van der Waals surface area contributed by atoms with Crippen molar-refractivity contribution in [2.24, 2.45) is 0 Å². The molecule has 1 aromatic heterocycles. The largest absolute Gasteiger partial charge is 0.353 e. The van der Waals surface area contributed by atoms with Crippen molar-refractivity contribution < 1.29 is 0 Å². The minimum absolute atomic E-state index is 0.719. The molecular formula is C13H15OS+. The summed E-state index contributed by atoms with van der Waals surface area (Å²) in [7, 11) is 0. The molecule has 2 heteroatoms. The van der Waals surface area contributed by atoms with Gasteiger partial charge in [0, 0.05) is 16.5 Å². The second kappa shape index (κ2) is 4.15. The van der Waals surface area contributed by atoms with E-state index in [1.165, 1.54) is 20.5 Å². The third kappa shape index (κ3) is 2.10. The summed E-state index contributed by atoms with van der Waals surface area (Å²) in [4.78, 5) is 1.29. The van der Waals surface area contributed by atoms with Crippen molar-refractivity contribution >= 4 is 21.4 Å². The summed E-state index contributed by atoms with van der Waals surface area (Å²) < 4.78 is 6.96. The van der Waals surface area contributed by atoms with Crippen LogP contribution in [0.4, 0.5) is 0 Å². The lowest BCUT2D eigenvalue weighted by molar-refractivity contribution is 1.26. The van der Waals surface area contributed by atoms with Crippen molar-refractivity contribution in [2.75, 3.05) is 6.61 Å². The quantitative estimate of drug-likeness (QED) is 0.651. The smallest absolute Gasteiger partial charge is 0.254 e. The number of benzene rings is 1. The molecule has 2 aromatic rings. The molecule has 0 aliphatic heterocycles. The molecule has 0 fully saturated rings. The zero-order valence-corrected chi connectivity index (χ0v) is 10.1. The standard InChI is InChI=1S/C13H15OS/c1-4-14-12-8-10(3)15-13-6-5-9(2)7-11(12)13/h5-8H,4H2,1-3H3/q+1. The SMILES string of the molecule is CC[O+]=c1cc(C)sc2ccc(C)cc12. The second-order valence-electron chi connectivity index (χ2n) is 3.65. The lowest BCUT2D eigenvalue weighted by Crippen LogP contribution is -2.03. The van der Waals surface area contributed by atoms with Crippen LogP contribution in [0.2, 0.25) is 0 Å². The van der Waals surface area contributed by atoms with E-state index in [9.17, 15) is 0 Å². The Hall–Kier alpha value is -1.15. The van der Waals surface area contributed by atoms with Crippen molar-refractivity contribution in [1.29, 1.82) is 0 Å². The monoisotopic (exact) mass is 219 g/mol. The van der Waals surface area contributed by atoms with Crippen LogP contribution >= 0.6 is 11.3 Å². The molecule has 0 radical (unpaired) electrons. The molecule has 0 aliphatic rings. The van der Waals surface area contributed by atoms with Crippen LogP contribution < -0.4 is 5.43 Å². The van der Waals surface area contributed by atoms with Gasteiger partial charge in [-0.2, -0.15) is 0 Å². The maximum Gasteiger partial charge on any atom is 0.353 e. The number of hydrogen-bond donors (Lipinski definition) is 0. The van der Waals surface area contributed by atoms with E-state index in [1.54, 1.807) is 0 Å². The third-order valence-corrected chi connectivity index (χ3v) is 3.32. The molecule has 2 rings (SSSR count). The van der Waals surface area contributed by atoms with Crippen LogP contribution in [-0.2, 0) is 0 Å². The van der Waals surface area contributed by atoms with Crippen molar-refractivity contribution in [3.63, 3.8) is 0 Å². The zero-order valence-electron chi connectivity index (χ0n) is 9.33. The summed E-state index contributed by atoms with van der Waals surface area (Å²) >= 11 is 1.81. The van der Waals surface area contributed by atoms with E-state index in [-0.39, 0.29) is 0 Å². The van der Waals surface area contributed by atoms with E-state index in [4.69, 9.17) is 4.42 Å². The van der Waals surface area contributed by atoms with Gasteiger partial charge in [-0.15, -0.1) is 11.3 Å². The van der Waals surface area contributed by atoms with E-state index in [2.05, 4.69) is 38.1 Å². The van der Waals surface area contributed by atoms with E-state index in [1.807, 2.05) is 18.3 Å². The first-order valence-corrected chi connectivity index (χ1v) is 5.99. The van der Waals surface area contributed by atoms with Crippen LogP contribution in [0.5, 0.6) is 0 Å². The summed E-state index contributed by atoms with van der Waals surface area (Å²) in [5.74, 6) is 0. The molecule has 0 aliphatic carbocycles. The van der Waals surface area contributed by atoms with Gasteiger partial charge in [0.15, 0.2) is 0 Å². The van der Waals surface area contributed by atoms with E-state index < -0.39 is 0 Å². The van der Waals surface area contributed by atoms with Crippen molar-refractivity contribution in [1.82, 2.24) is 0 Å². The van der Waals surface area contributed by atoms with E-state index in [0.717, 1.165) is 12.0 Å². The Morgan fingerprint density at radius 1 is 1.20 bits per heavy atom. The highest BCUT2D eigenvalue weighted by atomic mass is 32.1. The van der Waals surface area contributed by atoms with Gasteiger partial charge in [-0.1, -0.05) is 11.6 Å². The highest BCUT2D eigenvalue weighted by Crippen LogP contribution is 2.19. The van der Waals surface area contributed by atoms with Gasteiger partial charge in [-0.05, 0) is 26.0 Å². The molecule has 0 atom stereocenters. The summed E-state index contributed by atoms with van der Waals surface area (Å²) in [6, 6.07) is 8.63. The molecule has 0 bridgehead atoms. The number of fused-ring (bicyclic) bond motifs is 1. The highest BCUT2D eigenvalue weighted by molar-refractivity contribution is 7.18. The molecule has 0 saturated carbocycles. The maximum atomic E-state index is 5.66. The molecule has 0 spiro atoms. The predicted molar refractivity (Wildman–Crippen MR) is 68.1 cm³/mol. The topological polar surface area (TPSA) is 11.3 Å². The highest BCUT2D eigenvalue weighted by Gasteiger charge is 2.06. The maximum absolute atomic E-state index is 5.66. The van der Waals surface area contributed by atoms with E-state index >= 15 is 0 Å². The molecule has 0 saturated heterocycles. The fourth-order valence-corrected chi connectivity index (χ4v) is 2.58. The first kappa shape index (κ1) is 10.4. The van der Waals surface area contributed by atoms with Crippen LogP contribution in [0.3, 0.4) is 0 Å². The van der Waals surface area contributed by atoms with Crippen LogP contribution in [0.15, 0.2) is 28.7 Å². The van der Waals surface area contributed by atoms with Crippen LogP contribution in [-0.4, -0.2) is 6.61 Å². The predicted octanol–water partition coefficient (Wildman–Crippen LogP) is 3.43. The van der Waals surface area contributed by atoms with Crippen molar-refractivity contribution in [3.05, 3.63) is 44.6 Å². The summed E-state index contributed by atoms with van der Waals surface area (Å²) in [6.45, 7) is 6.97. The first-order valence-electron chi connectivity index (χ1n) is 5.17. The Balaban J connectivity index is 2.88. The normalized spacial score (nSPS) is 12.3. The average Bonchev–Trinajstić information content (AvgIpc) is 2.19. The zero-order chi connectivity index (χ0) is 10.8. The van der Waals surface area contributed by atoms with Gasteiger partial charge in [0.2, 0.25) is 0 Å². The second-order valence-corrected chi connectivity index (χ2v) is 4.94. The fraction of sp³-hybridized carbons (Fsp3) is 0.308. The van der Waals surface area contributed by atoms with E-state index in [0.29, 0.717) is 0 Å². The molecule has 0 amide bonds. The summed E-state index contributed by atoms with van der Waals surface area (Å²) in [5.41, 5.74) is 2.28. The van der Waals surface area contributed by atoms with Gasteiger partial charge < -0.3 is 0 Å². The molecular weight excluding hydrogens is 204 g/mol. The molecule has 1 heterocycles.